The van der Waals surface area contributed by atoms with E-state index in [1.807, 2.05) is 30.1 Å². The molecule has 0 aliphatic carbocycles. The Hall–Kier alpha value is -1.88. The van der Waals surface area contributed by atoms with E-state index in [9.17, 15) is 9.59 Å². The highest BCUT2D eigenvalue weighted by atomic mass is 16.2. The molecule has 0 spiro atoms. The van der Waals surface area contributed by atoms with Crippen LogP contribution in [-0.2, 0) is 9.59 Å². The van der Waals surface area contributed by atoms with Crippen LogP contribution in [-0.4, -0.2) is 54.3 Å². The summed E-state index contributed by atoms with van der Waals surface area (Å²) >= 11 is 0. The van der Waals surface area contributed by atoms with E-state index in [2.05, 4.69) is 50.0 Å². The van der Waals surface area contributed by atoms with Crippen LogP contribution in [0.5, 0.6) is 0 Å². The van der Waals surface area contributed by atoms with Gasteiger partial charge in [-0.15, -0.1) is 0 Å². The molecule has 1 aliphatic heterocycles. The van der Waals surface area contributed by atoms with Gasteiger partial charge in [0, 0.05) is 19.0 Å². The minimum Gasteiger partial charge on any atom is -0.353 e. The van der Waals surface area contributed by atoms with Gasteiger partial charge in [0.05, 0.1) is 12.6 Å². The molecule has 2 unspecified atom stereocenters. The largest absolute Gasteiger partial charge is 0.353 e. The maximum absolute atomic E-state index is 12.7. The Kier molecular flexibility index (Phi) is 7.84. The van der Waals surface area contributed by atoms with Gasteiger partial charge in [0.25, 0.3) is 0 Å². The van der Waals surface area contributed by atoms with Crippen molar-refractivity contribution < 1.29 is 9.59 Å². The number of amides is 2. The van der Waals surface area contributed by atoms with Crippen molar-refractivity contribution in [1.82, 2.24) is 15.1 Å². The third-order valence-electron chi connectivity index (χ3n) is 5.94. The zero-order valence-corrected chi connectivity index (χ0v) is 17.4. The van der Waals surface area contributed by atoms with Crippen molar-refractivity contribution in [3.8, 4) is 0 Å². The van der Waals surface area contributed by atoms with Crippen molar-refractivity contribution in [2.45, 2.75) is 52.6 Å². The first-order chi connectivity index (χ1) is 12.8. The second-order valence-corrected chi connectivity index (χ2v) is 8.18. The maximum atomic E-state index is 12.7. The third kappa shape index (κ3) is 6.06. The summed E-state index contributed by atoms with van der Waals surface area (Å²) in [5, 5.41) is 3.12. The fourth-order valence-electron chi connectivity index (χ4n) is 3.34. The van der Waals surface area contributed by atoms with Crippen LogP contribution in [0.4, 0.5) is 0 Å². The summed E-state index contributed by atoms with van der Waals surface area (Å²) in [4.78, 5) is 29.0. The summed E-state index contributed by atoms with van der Waals surface area (Å²) < 4.78 is 0. The molecule has 5 heteroatoms. The van der Waals surface area contributed by atoms with Crippen molar-refractivity contribution in [2.75, 3.05) is 26.7 Å². The SMILES string of the molecule is CC(C)C(C)NC(=O)C1CCN(CC(=O)N(C)C(C)c2ccccc2)CC1. The van der Waals surface area contributed by atoms with Crippen LogP contribution in [0.2, 0.25) is 0 Å². The summed E-state index contributed by atoms with van der Waals surface area (Å²) in [7, 11) is 1.87. The summed E-state index contributed by atoms with van der Waals surface area (Å²) in [6, 6.07) is 10.3. The van der Waals surface area contributed by atoms with Crippen LogP contribution in [0, 0.1) is 11.8 Å². The number of carbonyl (C=O) groups excluding carboxylic acids is 2. The minimum atomic E-state index is 0.0551. The molecule has 2 amide bonds. The Bertz CT molecular complexity index is 609. The van der Waals surface area contributed by atoms with E-state index in [1.165, 1.54) is 0 Å². The monoisotopic (exact) mass is 373 g/mol. The highest BCUT2D eigenvalue weighted by molar-refractivity contribution is 5.80. The lowest BCUT2D eigenvalue weighted by atomic mass is 9.94. The van der Waals surface area contributed by atoms with E-state index >= 15 is 0 Å². The van der Waals surface area contributed by atoms with Crippen LogP contribution < -0.4 is 5.32 Å². The molecule has 0 bridgehead atoms. The summed E-state index contributed by atoms with van der Waals surface area (Å²) in [5.41, 5.74) is 1.14. The minimum absolute atomic E-state index is 0.0551. The van der Waals surface area contributed by atoms with E-state index in [1.54, 1.807) is 0 Å². The number of benzene rings is 1. The van der Waals surface area contributed by atoms with Gasteiger partial charge in [0.1, 0.15) is 0 Å². The number of likely N-dealkylation sites (N-methyl/N-ethyl adjacent to an activating group) is 1. The van der Waals surface area contributed by atoms with E-state index in [0.717, 1.165) is 31.5 Å². The standard InChI is InChI=1S/C22H35N3O2/c1-16(2)17(3)23-22(27)20-11-13-25(14-12-20)15-21(26)24(5)18(4)19-9-7-6-8-10-19/h6-10,16-18,20H,11-15H2,1-5H3,(H,23,27). The van der Waals surface area contributed by atoms with Gasteiger partial charge in [-0.2, -0.15) is 0 Å². The Balaban J connectivity index is 1.79. The van der Waals surface area contributed by atoms with Gasteiger partial charge in [-0.05, 0) is 51.3 Å². The average Bonchev–Trinajstić information content (AvgIpc) is 2.67. The topological polar surface area (TPSA) is 52.7 Å². The molecular weight excluding hydrogens is 338 g/mol. The van der Waals surface area contributed by atoms with Crippen molar-refractivity contribution >= 4 is 11.8 Å². The van der Waals surface area contributed by atoms with Crippen molar-refractivity contribution in [3.05, 3.63) is 35.9 Å². The number of nitrogens with one attached hydrogen (secondary N) is 1. The van der Waals surface area contributed by atoms with Gasteiger partial charge >= 0.3 is 0 Å². The first kappa shape index (κ1) is 21.4. The second-order valence-electron chi connectivity index (χ2n) is 8.18. The molecule has 150 valence electrons. The smallest absolute Gasteiger partial charge is 0.236 e. The first-order valence-corrected chi connectivity index (χ1v) is 10.1. The van der Waals surface area contributed by atoms with Gasteiger partial charge in [0.2, 0.25) is 11.8 Å². The zero-order valence-electron chi connectivity index (χ0n) is 17.4. The maximum Gasteiger partial charge on any atom is 0.236 e. The quantitative estimate of drug-likeness (QED) is 0.799. The number of hydrogen-bond acceptors (Lipinski definition) is 3. The molecule has 0 aromatic heterocycles. The lowest BCUT2D eigenvalue weighted by molar-refractivity contribution is -0.133. The highest BCUT2D eigenvalue weighted by Gasteiger charge is 2.28. The van der Waals surface area contributed by atoms with Crippen LogP contribution in [0.1, 0.15) is 52.1 Å². The Morgan fingerprint density at radius 1 is 1.11 bits per heavy atom. The summed E-state index contributed by atoms with van der Waals surface area (Å²) in [6.07, 6.45) is 1.64. The van der Waals surface area contributed by atoms with Crippen molar-refractivity contribution in [3.63, 3.8) is 0 Å². The number of rotatable bonds is 7. The molecule has 1 aliphatic rings. The molecule has 27 heavy (non-hydrogen) atoms. The van der Waals surface area contributed by atoms with Crippen LogP contribution in [0.3, 0.4) is 0 Å². The van der Waals surface area contributed by atoms with Crippen LogP contribution in [0.25, 0.3) is 0 Å². The molecule has 1 fully saturated rings. The predicted molar refractivity (Wildman–Crippen MR) is 109 cm³/mol. The van der Waals surface area contributed by atoms with E-state index in [4.69, 9.17) is 0 Å². The normalized spacial score (nSPS) is 18.1. The summed E-state index contributed by atoms with van der Waals surface area (Å²) in [5.74, 6) is 0.798. The Morgan fingerprint density at radius 3 is 2.26 bits per heavy atom. The van der Waals surface area contributed by atoms with E-state index in [0.29, 0.717) is 12.5 Å². The zero-order chi connectivity index (χ0) is 20.0. The fourth-order valence-corrected chi connectivity index (χ4v) is 3.34. The van der Waals surface area contributed by atoms with Crippen LogP contribution in [0.15, 0.2) is 30.3 Å². The van der Waals surface area contributed by atoms with E-state index in [-0.39, 0.29) is 29.8 Å². The lowest BCUT2D eigenvalue weighted by Crippen LogP contribution is -2.47. The molecule has 0 radical (unpaired) electrons. The van der Waals surface area contributed by atoms with Crippen LogP contribution >= 0.6 is 0 Å². The van der Waals surface area contributed by atoms with Gasteiger partial charge in [-0.25, -0.2) is 0 Å². The second kappa shape index (κ2) is 9.88. The molecule has 1 aromatic rings. The van der Waals surface area contributed by atoms with Gasteiger partial charge in [0.15, 0.2) is 0 Å². The molecule has 0 saturated carbocycles. The fraction of sp³-hybridized carbons (Fsp3) is 0.636. The molecule has 1 saturated heterocycles. The average molecular weight is 374 g/mol. The number of carbonyl (C=O) groups is 2. The van der Waals surface area contributed by atoms with Gasteiger partial charge in [-0.1, -0.05) is 44.2 Å². The van der Waals surface area contributed by atoms with Gasteiger partial charge < -0.3 is 10.2 Å². The van der Waals surface area contributed by atoms with E-state index < -0.39 is 0 Å². The van der Waals surface area contributed by atoms with Gasteiger partial charge in [-0.3, -0.25) is 14.5 Å². The molecular formula is C22H35N3O2. The Labute approximate surface area is 164 Å². The number of likely N-dealkylation sites (tertiary alicyclic amines) is 1. The number of piperidine rings is 1. The predicted octanol–water partition coefficient (Wildman–Crippen LogP) is 3.08. The number of hydrogen-bond donors (Lipinski definition) is 1. The third-order valence-corrected chi connectivity index (χ3v) is 5.94. The first-order valence-electron chi connectivity index (χ1n) is 10.1. The number of nitrogens with zero attached hydrogens (tertiary/aromatic N) is 2. The summed E-state index contributed by atoms with van der Waals surface area (Å²) in [6.45, 7) is 10.4. The molecule has 2 rings (SSSR count). The Morgan fingerprint density at radius 2 is 1.70 bits per heavy atom. The molecule has 5 nitrogen and oxygen atoms in total. The van der Waals surface area contributed by atoms with Crippen molar-refractivity contribution in [2.24, 2.45) is 11.8 Å². The lowest BCUT2D eigenvalue weighted by Gasteiger charge is -2.33. The molecule has 1 heterocycles. The molecule has 2 atom stereocenters. The highest BCUT2D eigenvalue weighted by Crippen LogP contribution is 2.21. The molecule has 1 aromatic carbocycles. The molecule has 1 N–H and O–H groups in total. The van der Waals surface area contributed by atoms with Crippen molar-refractivity contribution in [1.29, 1.82) is 0 Å².